The largest absolute Gasteiger partial charge is 0.499 e. The number of carbonyl (C=O) groups is 4. The average molecular weight is 660 g/mol. The maximum Gasteiger partial charge on any atom is 0.499 e. The Hall–Kier alpha value is -2.09. The molecule has 1 rings (SSSR count). The monoisotopic (exact) mass is 659 g/mol. The third kappa shape index (κ3) is 15.8. The van der Waals surface area contributed by atoms with Gasteiger partial charge in [0.2, 0.25) is 17.7 Å². The lowest BCUT2D eigenvalue weighted by Gasteiger charge is -2.42. The van der Waals surface area contributed by atoms with Gasteiger partial charge in [0.1, 0.15) is 30.1 Å². The lowest BCUT2D eigenvalue weighted by atomic mass is 9.97. The van der Waals surface area contributed by atoms with E-state index in [0.29, 0.717) is 25.7 Å². The highest BCUT2D eigenvalue weighted by atomic mass is 31.2. The van der Waals surface area contributed by atoms with E-state index in [4.69, 9.17) is 24.7 Å². The summed E-state index contributed by atoms with van der Waals surface area (Å²) in [6, 6.07) is -1.03. The first-order chi connectivity index (χ1) is 20.8. The van der Waals surface area contributed by atoms with Gasteiger partial charge in [-0.15, -0.1) is 4.67 Å². The molecule has 0 saturated carbocycles. The summed E-state index contributed by atoms with van der Waals surface area (Å²) in [5, 5.41) is 52.1. The van der Waals surface area contributed by atoms with Gasteiger partial charge in [0, 0.05) is 58.8 Å². The zero-order valence-electron chi connectivity index (χ0n) is 24.7. The molecule has 0 aromatic rings. The molecule has 1 unspecified atom stereocenters. The maximum absolute atomic E-state index is 12.3. The molecule has 44 heavy (non-hydrogen) atoms. The van der Waals surface area contributed by atoms with Crippen molar-refractivity contribution in [2.24, 2.45) is 0 Å². The molecule has 1 saturated heterocycles. The molecular formula is C25H46N3O15P. The fourth-order valence-electron chi connectivity index (χ4n) is 4.30. The Morgan fingerprint density at radius 3 is 2.20 bits per heavy atom. The van der Waals surface area contributed by atoms with Crippen LogP contribution in [0.3, 0.4) is 0 Å². The van der Waals surface area contributed by atoms with Gasteiger partial charge in [-0.05, 0) is 25.7 Å². The van der Waals surface area contributed by atoms with Crippen molar-refractivity contribution in [1.29, 1.82) is 0 Å². The van der Waals surface area contributed by atoms with E-state index in [1.807, 2.05) is 0 Å². The second kappa shape index (κ2) is 21.6. The third-order valence-corrected chi connectivity index (χ3v) is 7.31. The summed E-state index contributed by atoms with van der Waals surface area (Å²) in [5.41, 5.74) is 0. The predicted molar refractivity (Wildman–Crippen MR) is 149 cm³/mol. The van der Waals surface area contributed by atoms with Gasteiger partial charge in [-0.25, -0.2) is 9.82 Å². The smallest absolute Gasteiger partial charge is 0.395 e. The van der Waals surface area contributed by atoms with E-state index < -0.39 is 63.5 Å². The molecule has 3 amide bonds. The summed E-state index contributed by atoms with van der Waals surface area (Å²) in [6.45, 7) is -0.163. The number of carbonyl (C=O) groups excluding carboxylic acids is 4. The van der Waals surface area contributed by atoms with Crippen molar-refractivity contribution < 1.29 is 73.0 Å². The molecule has 1 heterocycles. The number of aliphatic hydroxyl groups excluding tert-OH is 4. The number of nitrogens with one attached hydrogen (secondary N) is 2. The Morgan fingerprint density at radius 1 is 0.932 bits per heavy atom. The van der Waals surface area contributed by atoms with E-state index in [0.717, 1.165) is 4.90 Å². The fraction of sp³-hybridized carbons (Fsp3) is 0.840. The summed E-state index contributed by atoms with van der Waals surface area (Å²) in [7, 11) is -4.62. The number of amides is 3. The Kier molecular flexibility index (Phi) is 19.6. The summed E-state index contributed by atoms with van der Waals surface area (Å²) in [4.78, 5) is 58.1. The molecule has 0 bridgehead atoms. The Balaban J connectivity index is 2.21. The minimum absolute atomic E-state index is 0.0102. The number of unbranched alkanes of at least 4 members (excludes halogenated alkanes) is 2. The topological polar surface area (TPSA) is 271 Å². The number of ketones is 1. The quantitative estimate of drug-likeness (QED) is 0.0260. The molecule has 0 radical (unpaired) electrons. The number of hydrogen-bond acceptors (Lipinski definition) is 14. The molecule has 256 valence electrons. The van der Waals surface area contributed by atoms with Crippen molar-refractivity contribution in [3.63, 3.8) is 0 Å². The van der Waals surface area contributed by atoms with Crippen LogP contribution in [0.15, 0.2) is 0 Å². The van der Waals surface area contributed by atoms with Crippen LogP contribution in [0.5, 0.6) is 0 Å². The van der Waals surface area contributed by atoms with Crippen molar-refractivity contribution in [3.8, 4) is 0 Å². The fourth-order valence-corrected chi connectivity index (χ4v) is 4.66. The molecular weight excluding hydrogens is 613 g/mol. The van der Waals surface area contributed by atoms with Gasteiger partial charge in [0.15, 0.2) is 6.29 Å². The van der Waals surface area contributed by atoms with Gasteiger partial charge in [0.05, 0.1) is 19.8 Å². The van der Waals surface area contributed by atoms with E-state index in [-0.39, 0.29) is 70.2 Å². The highest BCUT2D eigenvalue weighted by molar-refractivity contribution is 7.47. The van der Waals surface area contributed by atoms with Gasteiger partial charge in [-0.2, -0.15) is 0 Å². The first-order valence-electron chi connectivity index (χ1n) is 14.3. The van der Waals surface area contributed by atoms with Crippen LogP contribution in [0.4, 0.5) is 0 Å². The molecule has 18 nitrogen and oxygen atoms in total. The zero-order valence-corrected chi connectivity index (χ0v) is 25.6. The van der Waals surface area contributed by atoms with Crippen molar-refractivity contribution in [2.45, 2.75) is 88.9 Å². The van der Waals surface area contributed by atoms with Crippen LogP contribution in [0.25, 0.3) is 0 Å². The minimum atomic E-state index is -4.62. The van der Waals surface area contributed by atoms with Crippen LogP contribution in [0, 0.1) is 0 Å². The number of phosphoric ester groups is 1. The zero-order chi connectivity index (χ0) is 33.1. The molecule has 1 aliphatic rings. The van der Waals surface area contributed by atoms with E-state index >= 15 is 0 Å². The molecule has 8 N–H and O–H groups in total. The first-order valence-corrected chi connectivity index (χ1v) is 15.8. The summed E-state index contributed by atoms with van der Waals surface area (Å²) >= 11 is 0. The average Bonchev–Trinajstić information content (AvgIpc) is 2.97. The second-order valence-corrected chi connectivity index (χ2v) is 11.5. The van der Waals surface area contributed by atoms with Gasteiger partial charge < -0.3 is 50.3 Å². The minimum Gasteiger partial charge on any atom is -0.395 e. The van der Waals surface area contributed by atoms with E-state index in [2.05, 4.69) is 19.8 Å². The van der Waals surface area contributed by atoms with Crippen LogP contribution in [-0.2, 0) is 42.4 Å². The number of Topliss-reactive ketones (excluding diaryl/α,β-unsaturated/α-hetero) is 1. The number of hydrogen-bond donors (Lipinski definition) is 8. The molecule has 0 aromatic carbocycles. The third-order valence-electron chi connectivity index (χ3n) is 6.59. The first kappa shape index (κ1) is 39.9. The van der Waals surface area contributed by atoms with Crippen molar-refractivity contribution in [1.82, 2.24) is 15.5 Å². The molecule has 0 aliphatic carbocycles. The number of aliphatic hydroxyl groups is 4. The molecule has 0 aromatic heterocycles. The van der Waals surface area contributed by atoms with Crippen molar-refractivity contribution >= 4 is 31.3 Å². The Bertz CT molecular complexity index is 942. The molecule has 1 aliphatic heterocycles. The van der Waals surface area contributed by atoms with Crippen molar-refractivity contribution in [3.05, 3.63) is 0 Å². The standard InChI is InChI=1S/C25H46N3O15P/c1-17(31)27-22-24(36)23(35)19(16-30)42-25(22)40-14-5-4-7-18(32)6-2-3-8-20(33)26-10-9-21(34)28(11-13-29)12-15-41-44(38,39)43-37/h19,22-25,29-30,35-37H,2-16H2,1H3,(H,26,33)(H,27,31)(H,38,39)/t19-,22-,23+,24-,25-/m1/s1. The van der Waals surface area contributed by atoms with Crippen LogP contribution in [-0.4, -0.2) is 136 Å². The van der Waals surface area contributed by atoms with E-state index in [1.54, 1.807) is 0 Å². The predicted octanol–water partition coefficient (Wildman–Crippen LogP) is -1.82. The van der Waals surface area contributed by atoms with Crippen LogP contribution in [0.2, 0.25) is 0 Å². The lowest BCUT2D eigenvalue weighted by molar-refractivity contribution is -0.270. The van der Waals surface area contributed by atoms with Gasteiger partial charge in [-0.1, -0.05) is 0 Å². The lowest BCUT2D eigenvalue weighted by Crippen LogP contribution is -2.64. The highest BCUT2D eigenvalue weighted by Crippen LogP contribution is 2.41. The normalized spacial score (nSPS) is 23.0. The SMILES string of the molecule is CC(=O)N[C@H]1[C@H](OCCCCC(=O)CCCCC(=O)NCCC(=O)N(CCO)CCOP(=O)(O)OO)O[C@H](CO)[C@H](O)[C@@H]1O. The van der Waals surface area contributed by atoms with Crippen LogP contribution >= 0.6 is 7.82 Å². The number of nitrogens with zero attached hydrogens (tertiary/aromatic N) is 1. The molecule has 19 heteroatoms. The Labute approximate surface area is 255 Å². The maximum atomic E-state index is 12.3. The summed E-state index contributed by atoms with van der Waals surface area (Å²) in [5.74, 6) is -1.19. The van der Waals surface area contributed by atoms with E-state index in [9.17, 15) is 39.1 Å². The van der Waals surface area contributed by atoms with Crippen LogP contribution in [0.1, 0.15) is 58.3 Å². The molecule has 0 spiro atoms. The van der Waals surface area contributed by atoms with Gasteiger partial charge >= 0.3 is 7.82 Å². The number of rotatable bonds is 23. The molecule has 1 fully saturated rings. The highest BCUT2D eigenvalue weighted by Gasteiger charge is 2.45. The van der Waals surface area contributed by atoms with Gasteiger partial charge in [-0.3, -0.25) is 23.7 Å². The van der Waals surface area contributed by atoms with E-state index in [1.165, 1.54) is 6.92 Å². The summed E-state index contributed by atoms with van der Waals surface area (Å²) < 4.78 is 29.9. The van der Waals surface area contributed by atoms with Gasteiger partial charge in [0.25, 0.3) is 0 Å². The summed E-state index contributed by atoms with van der Waals surface area (Å²) in [6.07, 6.45) is -2.40. The number of ether oxygens (including phenoxy) is 2. The Morgan fingerprint density at radius 2 is 1.59 bits per heavy atom. The van der Waals surface area contributed by atoms with Crippen LogP contribution < -0.4 is 10.6 Å². The molecule has 6 atom stereocenters. The second-order valence-electron chi connectivity index (χ2n) is 10.1. The van der Waals surface area contributed by atoms with Crippen molar-refractivity contribution in [2.75, 3.05) is 46.1 Å². The number of phosphoric acid groups is 1.